The first-order valence-corrected chi connectivity index (χ1v) is 6.56. The second-order valence-corrected chi connectivity index (χ2v) is 4.77. The van der Waals surface area contributed by atoms with Crippen molar-refractivity contribution in [2.75, 3.05) is 0 Å². The van der Waals surface area contributed by atoms with Crippen LogP contribution in [0.15, 0.2) is 65.1 Å². The van der Waals surface area contributed by atoms with Crippen molar-refractivity contribution in [1.29, 1.82) is 0 Å². The normalized spacial score (nSPS) is 10.5. The van der Waals surface area contributed by atoms with Gasteiger partial charge in [-0.15, -0.1) is 0 Å². The highest BCUT2D eigenvalue weighted by molar-refractivity contribution is 5.80. The van der Waals surface area contributed by atoms with E-state index in [1.54, 1.807) is 12.1 Å². The number of nitro benzene ring substituents is 1. The van der Waals surface area contributed by atoms with Crippen molar-refractivity contribution < 1.29 is 9.34 Å². The fourth-order valence-electron chi connectivity index (χ4n) is 2.30. The van der Waals surface area contributed by atoms with Gasteiger partial charge in [-0.1, -0.05) is 30.3 Å². The van der Waals surface area contributed by atoms with E-state index in [4.69, 9.17) is 4.42 Å². The molecule has 4 nitrogen and oxygen atoms in total. The molecule has 1 aromatic heterocycles. The van der Waals surface area contributed by atoms with Gasteiger partial charge in [-0.25, -0.2) is 0 Å². The summed E-state index contributed by atoms with van der Waals surface area (Å²) in [4.78, 5) is 10.3. The predicted molar refractivity (Wildman–Crippen MR) is 81.0 cm³/mol. The standard InChI is InChI=1S/C17H13NO3/c1-12-11-16(13-7-9-15(10-8-13)18(19)20)17(21-12)14-5-3-2-4-6-14/h2-11H,1H3. The third kappa shape index (κ3) is 2.56. The summed E-state index contributed by atoms with van der Waals surface area (Å²) >= 11 is 0. The molecule has 0 fully saturated rings. The molecule has 0 radical (unpaired) electrons. The van der Waals surface area contributed by atoms with Crippen molar-refractivity contribution in [3.05, 3.63) is 76.5 Å². The topological polar surface area (TPSA) is 56.3 Å². The van der Waals surface area contributed by atoms with Gasteiger partial charge in [0.1, 0.15) is 11.5 Å². The molecule has 0 saturated heterocycles. The predicted octanol–water partition coefficient (Wildman–Crippen LogP) is 4.83. The van der Waals surface area contributed by atoms with E-state index in [-0.39, 0.29) is 5.69 Å². The molecule has 0 aliphatic carbocycles. The van der Waals surface area contributed by atoms with Crippen LogP contribution in [0.5, 0.6) is 0 Å². The second-order valence-electron chi connectivity index (χ2n) is 4.77. The fourth-order valence-corrected chi connectivity index (χ4v) is 2.30. The zero-order valence-electron chi connectivity index (χ0n) is 11.4. The highest BCUT2D eigenvalue weighted by atomic mass is 16.6. The zero-order valence-corrected chi connectivity index (χ0v) is 11.4. The number of nitrogens with zero attached hydrogens (tertiary/aromatic N) is 1. The quantitative estimate of drug-likeness (QED) is 0.509. The lowest BCUT2D eigenvalue weighted by Gasteiger charge is -2.03. The van der Waals surface area contributed by atoms with E-state index in [2.05, 4.69) is 0 Å². The summed E-state index contributed by atoms with van der Waals surface area (Å²) < 4.78 is 5.80. The van der Waals surface area contributed by atoms with Crippen LogP contribution in [0.4, 0.5) is 5.69 Å². The molecule has 1 heterocycles. The van der Waals surface area contributed by atoms with Crippen molar-refractivity contribution in [1.82, 2.24) is 0 Å². The summed E-state index contributed by atoms with van der Waals surface area (Å²) in [5.74, 6) is 1.59. The van der Waals surface area contributed by atoms with Gasteiger partial charge in [0.15, 0.2) is 0 Å². The third-order valence-corrected chi connectivity index (χ3v) is 3.28. The van der Waals surface area contributed by atoms with Gasteiger partial charge in [-0.05, 0) is 30.7 Å². The molecule has 0 unspecified atom stereocenters. The lowest BCUT2D eigenvalue weighted by atomic mass is 10.0. The molecule has 3 aromatic rings. The fraction of sp³-hybridized carbons (Fsp3) is 0.0588. The van der Waals surface area contributed by atoms with Gasteiger partial charge in [-0.2, -0.15) is 0 Å². The molecule has 104 valence electrons. The highest BCUT2D eigenvalue weighted by Crippen LogP contribution is 2.35. The first-order chi connectivity index (χ1) is 10.1. The van der Waals surface area contributed by atoms with Gasteiger partial charge in [0.25, 0.3) is 5.69 Å². The van der Waals surface area contributed by atoms with E-state index >= 15 is 0 Å². The van der Waals surface area contributed by atoms with Crippen LogP contribution in [0.25, 0.3) is 22.5 Å². The molecule has 0 aliphatic rings. The van der Waals surface area contributed by atoms with Gasteiger partial charge in [0.2, 0.25) is 0 Å². The minimum absolute atomic E-state index is 0.0835. The average Bonchev–Trinajstić information content (AvgIpc) is 2.90. The molecule has 21 heavy (non-hydrogen) atoms. The van der Waals surface area contributed by atoms with Crippen molar-refractivity contribution >= 4 is 5.69 Å². The van der Waals surface area contributed by atoms with Crippen LogP contribution in [0.1, 0.15) is 5.76 Å². The first-order valence-electron chi connectivity index (χ1n) is 6.56. The maximum atomic E-state index is 10.7. The highest BCUT2D eigenvalue weighted by Gasteiger charge is 2.14. The first kappa shape index (κ1) is 13.1. The molecule has 0 amide bonds. The number of rotatable bonds is 3. The second kappa shape index (κ2) is 5.25. The molecular formula is C17H13NO3. The van der Waals surface area contributed by atoms with Crippen LogP contribution in [0.3, 0.4) is 0 Å². The number of non-ortho nitro benzene ring substituents is 1. The number of furan rings is 1. The molecule has 0 aliphatic heterocycles. The monoisotopic (exact) mass is 279 g/mol. The van der Waals surface area contributed by atoms with E-state index in [0.29, 0.717) is 0 Å². The van der Waals surface area contributed by atoms with Crippen molar-refractivity contribution in [3.8, 4) is 22.5 Å². The maximum absolute atomic E-state index is 10.7. The summed E-state index contributed by atoms with van der Waals surface area (Å²) in [7, 11) is 0. The van der Waals surface area contributed by atoms with Gasteiger partial charge < -0.3 is 4.42 Å². The maximum Gasteiger partial charge on any atom is 0.269 e. The van der Waals surface area contributed by atoms with Crippen LogP contribution in [0, 0.1) is 17.0 Å². The van der Waals surface area contributed by atoms with Crippen molar-refractivity contribution in [2.24, 2.45) is 0 Å². The molecule has 0 atom stereocenters. The number of benzene rings is 2. The lowest BCUT2D eigenvalue weighted by Crippen LogP contribution is -1.87. The van der Waals surface area contributed by atoms with Gasteiger partial charge in [0, 0.05) is 23.3 Å². The van der Waals surface area contributed by atoms with Gasteiger partial charge in [0.05, 0.1) is 4.92 Å². The number of hydrogen-bond donors (Lipinski definition) is 0. The Kier molecular flexibility index (Phi) is 3.28. The third-order valence-electron chi connectivity index (χ3n) is 3.28. The Morgan fingerprint density at radius 3 is 2.24 bits per heavy atom. The van der Waals surface area contributed by atoms with E-state index < -0.39 is 4.92 Å². The molecule has 0 saturated carbocycles. The number of nitro groups is 1. The van der Waals surface area contributed by atoms with E-state index in [1.807, 2.05) is 43.3 Å². The minimum atomic E-state index is -0.400. The van der Waals surface area contributed by atoms with Crippen molar-refractivity contribution in [3.63, 3.8) is 0 Å². The average molecular weight is 279 g/mol. The molecular weight excluding hydrogens is 266 g/mol. The summed E-state index contributed by atoms with van der Waals surface area (Å²) in [6.07, 6.45) is 0. The minimum Gasteiger partial charge on any atom is -0.461 e. The Hall–Kier alpha value is -2.88. The largest absolute Gasteiger partial charge is 0.461 e. The summed E-state index contributed by atoms with van der Waals surface area (Å²) in [6.45, 7) is 1.89. The number of hydrogen-bond acceptors (Lipinski definition) is 3. The smallest absolute Gasteiger partial charge is 0.269 e. The van der Waals surface area contributed by atoms with Gasteiger partial charge in [-0.3, -0.25) is 10.1 Å². The van der Waals surface area contributed by atoms with E-state index in [1.165, 1.54) is 12.1 Å². The van der Waals surface area contributed by atoms with Crippen LogP contribution in [-0.4, -0.2) is 4.92 Å². The zero-order chi connectivity index (χ0) is 14.8. The molecule has 0 bridgehead atoms. The van der Waals surface area contributed by atoms with Crippen LogP contribution < -0.4 is 0 Å². The van der Waals surface area contributed by atoms with E-state index in [9.17, 15) is 10.1 Å². The summed E-state index contributed by atoms with van der Waals surface area (Å²) in [6, 6.07) is 18.3. The Balaban J connectivity index is 2.09. The van der Waals surface area contributed by atoms with Crippen LogP contribution in [0.2, 0.25) is 0 Å². The molecule has 4 heteroatoms. The summed E-state index contributed by atoms with van der Waals surface area (Å²) in [5, 5.41) is 10.7. The number of aryl methyl sites for hydroxylation is 1. The molecule has 0 N–H and O–H groups in total. The van der Waals surface area contributed by atoms with Crippen molar-refractivity contribution in [2.45, 2.75) is 6.92 Å². The summed E-state index contributed by atoms with van der Waals surface area (Å²) in [5.41, 5.74) is 2.91. The van der Waals surface area contributed by atoms with E-state index in [0.717, 1.165) is 28.2 Å². The SMILES string of the molecule is Cc1cc(-c2ccc([N+](=O)[O-])cc2)c(-c2ccccc2)o1. The Bertz CT molecular complexity index is 774. The Morgan fingerprint density at radius 2 is 1.62 bits per heavy atom. The molecule has 0 spiro atoms. The molecule has 2 aromatic carbocycles. The molecule has 3 rings (SSSR count). The Labute approximate surface area is 121 Å². The van der Waals surface area contributed by atoms with Crippen LogP contribution in [-0.2, 0) is 0 Å². The lowest BCUT2D eigenvalue weighted by molar-refractivity contribution is -0.384. The van der Waals surface area contributed by atoms with Gasteiger partial charge >= 0.3 is 0 Å². The Morgan fingerprint density at radius 1 is 0.952 bits per heavy atom. The van der Waals surface area contributed by atoms with Crippen LogP contribution >= 0.6 is 0 Å².